The van der Waals surface area contributed by atoms with Gasteiger partial charge < -0.3 is 15.4 Å². The van der Waals surface area contributed by atoms with Gasteiger partial charge in [0.05, 0.1) is 12.8 Å². The minimum Gasteiger partial charge on any atom is -0.497 e. The lowest BCUT2D eigenvalue weighted by atomic mass is 10.1. The molecule has 3 amide bonds. The summed E-state index contributed by atoms with van der Waals surface area (Å²) in [5, 5.41) is 6.05. The van der Waals surface area contributed by atoms with Gasteiger partial charge in [-0.2, -0.15) is 0 Å². The lowest BCUT2D eigenvalue weighted by molar-refractivity contribution is -0.120. The Bertz CT molecular complexity index is 1400. The molecule has 0 atom stereocenters. The van der Waals surface area contributed by atoms with Crippen LogP contribution >= 0.6 is 11.8 Å². The molecule has 8 heteroatoms. The van der Waals surface area contributed by atoms with Crippen LogP contribution in [0.2, 0.25) is 0 Å². The molecule has 0 bridgehead atoms. The molecule has 0 unspecified atom stereocenters. The molecule has 0 radical (unpaired) electrons. The number of nitrogens with one attached hydrogen (secondary N) is 2. The number of carbonyl (C=O) groups is 3. The first kappa shape index (κ1) is 27.0. The molecule has 38 heavy (non-hydrogen) atoms. The van der Waals surface area contributed by atoms with Crippen LogP contribution in [0.1, 0.15) is 31.4 Å². The second-order valence-electron chi connectivity index (χ2n) is 9.54. The van der Waals surface area contributed by atoms with E-state index in [0.29, 0.717) is 34.1 Å². The Hall–Kier alpha value is -4.04. The fourth-order valence-corrected chi connectivity index (χ4v) is 4.87. The number of amides is 3. The van der Waals surface area contributed by atoms with Crippen molar-refractivity contribution in [2.24, 2.45) is 5.92 Å². The number of benzene rings is 3. The quantitative estimate of drug-likeness (QED) is 0.317. The largest absolute Gasteiger partial charge is 0.497 e. The molecular weight excluding hydrogens is 498 g/mol. The average Bonchev–Trinajstić information content (AvgIpc) is 3.10. The van der Waals surface area contributed by atoms with Gasteiger partial charge in [0.25, 0.3) is 11.8 Å². The molecule has 2 N–H and O–H groups in total. The van der Waals surface area contributed by atoms with Crippen molar-refractivity contribution < 1.29 is 19.1 Å². The van der Waals surface area contributed by atoms with Crippen LogP contribution in [-0.4, -0.2) is 24.8 Å². The summed E-state index contributed by atoms with van der Waals surface area (Å²) in [6.45, 7) is 7.92. The van der Waals surface area contributed by atoms with E-state index >= 15 is 0 Å². The first-order valence-electron chi connectivity index (χ1n) is 12.4. The zero-order valence-corrected chi connectivity index (χ0v) is 22.9. The van der Waals surface area contributed by atoms with Crippen molar-refractivity contribution >= 4 is 46.5 Å². The first-order chi connectivity index (χ1) is 18.2. The highest BCUT2D eigenvalue weighted by Crippen LogP contribution is 2.38. The van der Waals surface area contributed by atoms with E-state index in [1.807, 2.05) is 52.0 Å². The van der Waals surface area contributed by atoms with E-state index in [2.05, 4.69) is 10.6 Å². The number of imide groups is 1. The number of rotatable bonds is 9. The fraction of sp³-hybridized carbons (Fsp3) is 0.233. The van der Waals surface area contributed by atoms with Crippen molar-refractivity contribution in [3.63, 3.8) is 0 Å². The van der Waals surface area contributed by atoms with Crippen LogP contribution in [0.5, 0.6) is 5.75 Å². The van der Waals surface area contributed by atoms with E-state index < -0.39 is 11.8 Å². The number of anilines is 3. The van der Waals surface area contributed by atoms with E-state index in [-0.39, 0.29) is 17.5 Å². The molecule has 0 aromatic heterocycles. The summed E-state index contributed by atoms with van der Waals surface area (Å²) in [4.78, 5) is 41.6. The molecule has 0 fully saturated rings. The first-order valence-corrected chi connectivity index (χ1v) is 13.2. The van der Waals surface area contributed by atoms with E-state index in [1.54, 1.807) is 49.6 Å². The van der Waals surface area contributed by atoms with Crippen LogP contribution in [-0.2, 0) is 14.4 Å². The summed E-state index contributed by atoms with van der Waals surface area (Å²) in [6.07, 6.45) is 0.439. The number of hydrogen-bond acceptors (Lipinski definition) is 6. The summed E-state index contributed by atoms with van der Waals surface area (Å²) in [7, 11) is 1.58. The van der Waals surface area contributed by atoms with Crippen molar-refractivity contribution in [2.75, 3.05) is 22.6 Å². The third-order valence-corrected chi connectivity index (χ3v) is 7.19. The SMILES string of the molecule is COc1ccc(NC2=C(Sc3ccc(NC(=O)CC(C)C)cc3)C(=O)N(c3ccc(C)c(C)c3)C2=O)cc1. The highest BCUT2D eigenvalue weighted by Gasteiger charge is 2.40. The Labute approximate surface area is 227 Å². The second-order valence-corrected chi connectivity index (χ2v) is 10.6. The van der Waals surface area contributed by atoms with Gasteiger partial charge in [0.2, 0.25) is 5.91 Å². The fourth-order valence-electron chi connectivity index (χ4n) is 3.94. The van der Waals surface area contributed by atoms with Crippen molar-refractivity contribution in [3.8, 4) is 5.75 Å². The molecule has 3 aromatic carbocycles. The van der Waals surface area contributed by atoms with Crippen molar-refractivity contribution in [1.29, 1.82) is 0 Å². The highest BCUT2D eigenvalue weighted by molar-refractivity contribution is 8.04. The van der Waals surface area contributed by atoms with Gasteiger partial charge in [0, 0.05) is 22.7 Å². The molecule has 3 aromatic rings. The van der Waals surface area contributed by atoms with Gasteiger partial charge in [0.15, 0.2) is 0 Å². The Morgan fingerprint density at radius 1 is 0.895 bits per heavy atom. The number of ether oxygens (including phenoxy) is 1. The van der Waals surface area contributed by atoms with E-state index in [0.717, 1.165) is 16.0 Å². The summed E-state index contributed by atoms with van der Waals surface area (Å²) in [6, 6.07) is 19.9. The number of methoxy groups -OCH3 is 1. The number of nitrogens with zero attached hydrogens (tertiary/aromatic N) is 1. The van der Waals surface area contributed by atoms with Crippen molar-refractivity contribution in [2.45, 2.75) is 39.0 Å². The monoisotopic (exact) mass is 529 g/mol. The lowest BCUT2D eigenvalue weighted by Gasteiger charge is -2.16. The Balaban J connectivity index is 1.63. The summed E-state index contributed by atoms with van der Waals surface area (Å²) < 4.78 is 5.23. The van der Waals surface area contributed by atoms with Crippen LogP contribution in [0.3, 0.4) is 0 Å². The number of thioether (sulfide) groups is 1. The van der Waals surface area contributed by atoms with E-state index in [4.69, 9.17) is 4.74 Å². The van der Waals surface area contributed by atoms with Crippen LogP contribution in [0.15, 0.2) is 82.2 Å². The smallest absolute Gasteiger partial charge is 0.283 e. The Morgan fingerprint density at radius 3 is 2.16 bits per heavy atom. The van der Waals surface area contributed by atoms with Crippen molar-refractivity contribution in [1.82, 2.24) is 0 Å². The predicted molar refractivity (Wildman–Crippen MR) is 152 cm³/mol. The minimum absolute atomic E-state index is 0.0466. The summed E-state index contributed by atoms with van der Waals surface area (Å²) >= 11 is 1.21. The summed E-state index contributed by atoms with van der Waals surface area (Å²) in [5.41, 5.74) is 4.13. The molecule has 0 saturated heterocycles. The maximum Gasteiger partial charge on any atom is 0.283 e. The standard InChI is InChI=1S/C30H31N3O4S/c1-18(2)16-26(34)31-21-9-14-25(15-10-21)38-28-27(32-22-7-12-24(37-5)13-8-22)29(35)33(30(28)36)23-11-6-19(3)20(4)17-23/h6-15,17-18,32H,16H2,1-5H3,(H,31,34). The third kappa shape index (κ3) is 6.08. The van der Waals surface area contributed by atoms with Gasteiger partial charge in [-0.05, 0) is 91.6 Å². The molecule has 1 aliphatic rings. The number of hydrogen-bond donors (Lipinski definition) is 2. The molecule has 0 aliphatic carbocycles. The molecule has 0 saturated carbocycles. The van der Waals surface area contributed by atoms with Crippen LogP contribution < -0.4 is 20.3 Å². The molecule has 0 spiro atoms. The zero-order chi connectivity index (χ0) is 27.4. The van der Waals surface area contributed by atoms with Gasteiger partial charge in [-0.1, -0.05) is 31.7 Å². The molecule has 196 valence electrons. The predicted octanol–water partition coefficient (Wildman–Crippen LogP) is 6.29. The number of aryl methyl sites for hydroxylation is 2. The Kier molecular flexibility index (Phi) is 8.22. The maximum absolute atomic E-state index is 13.6. The Morgan fingerprint density at radius 2 is 1.55 bits per heavy atom. The zero-order valence-electron chi connectivity index (χ0n) is 22.1. The molecule has 4 rings (SSSR count). The topological polar surface area (TPSA) is 87.7 Å². The molecular formula is C30H31N3O4S. The molecule has 1 heterocycles. The number of carbonyl (C=O) groups excluding carboxylic acids is 3. The average molecular weight is 530 g/mol. The molecule has 1 aliphatic heterocycles. The maximum atomic E-state index is 13.6. The van der Waals surface area contributed by atoms with Gasteiger partial charge in [-0.3, -0.25) is 14.4 Å². The lowest BCUT2D eigenvalue weighted by Crippen LogP contribution is -2.32. The van der Waals surface area contributed by atoms with Crippen LogP contribution in [0.4, 0.5) is 17.1 Å². The van der Waals surface area contributed by atoms with Crippen molar-refractivity contribution in [3.05, 3.63) is 88.5 Å². The van der Waals surface area contributed by atoms with Crippen LogP contribution in [0, 0.1) is 19.8 Å². The normalized spacial score (nSPS) is 13.4. The molecule has 7 nitrogen and oxygen atoms in total. The van der Waals surface area contributed by atoms with Gasteiger partial charge in [0.1, 0.15) is 16.4 Å². The van der Waals surface area contributed by atoms with Gasteiger partial charge in [-0.25, -0.2) is 4.90 Å². The highest BCUT2D eigenvalue weighted by atomic mass is 32.2. The van der Waals surface area contributed by atoms with Gasteiger partial charge in [-0.15, -0.1) is 0 Å². The summed E-state index contributed by atoms with van der Waals surface area (Å²) in [5.74, 6) is 0.0854. The van der Waals surface area contributed by atoms with E-state index in [9.17, 15) is 14.4 Å². The second kappa shape index (κ2) is 11.6. The third-order valence-electron chi connectivity index (χ3n) is 6.10. The minimum atomic E-state index is -0.422. The van der Waals surface area contributed by atoms with Crippen LogP contribution in [0.25, 0.3) is 0 Å². The van der Waals surface area contributed by atoms with E-state index in [1.165, 1.54) is 16.7 Å². The van der Waals surface area contributed by atoms with Gasteiger partial charge >= 0.3 is 0 Å².